The molecule has 0 aromatic heterocycles. The number of hydrogen-bond donors (Lipinski definition) is 3. The number of ether oxygens (including phenoxy) is 1. The number of rotatable bonds is 14. The Morgan fingerprint density at radius 1 is 1.10 bits per heavy atom. The topological polar surface area (TPSA) is 105 Å². The molecule has 0 saturated carbocycles. The molecular formula is C22H34N2O5. The number of carbonyl (C=O) groups is 3. The van der Waals surface area contributed by atoms with Gasteiger partial charge in [-0.05, 0) is 36.6 Å². The van der Waals surface area contributed by atoms with Gasteiger partial charge >= 0.3 is 0 Å². The molecule has 1 rings (SSSR count). The highest BCUT2D eigenvalue weighted by atomic mass is 16.5. The summed E-state index contributed by atoms with van der Waals surface area (Å²) < 4.78 is 5.06. The molecule has 0 aliphatic rings. The predicted molar refractivity (Wildman–Crippen MR) is 113 cm³/mol. The van der Waals surface area contributed by atoms with Crippen LogP contribution in [0.25, 0.3) is 0 Å². The van der Waals surface area contributed by atoms with E-state index >= 15 is 0 Å². The molecule has 1 aromatic carbocycles. The zero-order valence-corrected chi connectivity index (χ0v) is 17.8. The van der Waals surface area contributed by atoms with Crippen LogP contribution in [0.5, 0.6) is 0 Å². The molecule has 0 bridgehead atoms. The Labute approximate surface area is 173 Å². The Morgan fingerprint density at radius 2 is 1.86 bits per heavy atom. The fourth-order valence-electron chi connectivity index (χ4n) is 2.92. The average Bonchev–Trinajstić information content (AvgIpc) is 2.71. The molecule has 162 valence electrons. The molecule has 2 amide bonds. The third-order valence-electron chi connectivity index (χ3n) is 4.64. The first-order valence-electron chi connectivity index (χ1n) is 10.3. The molecule has 0 radical (unpaired) electrons. The number of anilines is 1. The molecule has 0 heterocycles. The van der Waals surface area contributed by atoms with Crippen molar-refractivity contribution in [2.45, 2.75) is 52.4 Å². The molecule has 29 heavy (non-hydrogen) atoms. The van der Waals surface area contributed by atoms with Crippen LogP contribution < -0.4 is 10.6 Å². The van der Waals surface area contributed by atoms with Crippen molar-refractivity contribution in [3.8, 4) is 0 Å². The van der Waals surface area contributed by atoms with Gasteiger partial charge in [0.05, 0.1) is 6.61 Å². The second-order valence-corrected chi connectivity index (χ2v) is 7.14. The largest absolute Gasteiger partial charge is 0.396 e. The first-order valence-corrected chi connectivity index (χ1v) is 10.3. The van der Waals surface area contributed by atoms with Gasteiger partial charge in [0.2, 0.25) is 5.91 Å². The first-order chi connectivity index (χ1) is 13.9. The van der Waals surface area contributed by atoms with Crippen LogP contribution in [0, 0.1) is 5.92 Å². The van der Waals surface area contributed by atoms with E-state index in [1.165, 1.54) is 0 Å². The van der Waals surface area contributed by atoms with Gasteiger partial charge in [-0.1, -0.05) is 20.3 Å². The van der Waals surface area contributed by atoms with Gasteiger partial charge in [-0.25, -0.2) is 0 Å². The van der Waals surface area contributed by atoms with E-state index in [9.17, 15) is 19.5 Å². The summed E-state index contributed by atoms with van der Waals surface area (Å²) in [5.41, 5.74) is 1.65. The number of aliphatic hydroxyl groups is 1. The number of aliphatic hydroxyl groups excluding tert-OH is 1. The summed E-state index contributed by atoms with van der Waals surface area (Å²) in [5.74, 6) is -0.193. The second-order valence-electron chi connectivity index (χ2n) is 7.14. The monoisotopic (exact) mass is 406 g/mol. The molecular weight excluding hydrogens is 372 g/mol. The normalized spacial score (nSPS) is 11.7. The van der Waals surface area contributed by atoms with Gasteiger partial charge in [0.15, 0.2) is 0 Å². The summed E-state index contributed by atoms with van der Waals surface area (Å²) in [7, 11) is 1.61. The minimum atomic E-state index is -0.238. The number of amides is 2. The number of unbranched alkanes of at least 4 members (excludes halogenated alkanes) is 1. The summed E-state index contributed by atoms with van der Waals surface area (Å²) >= 11 is 0. The summed E-state index contributed by atoms with van der Waals surface area (Å²) in [5, 5.41) is 14.9. The van der Waals surface area contributed by atoms with Crippen LogP contribution in [0.2, 0.25) is 0 Å². The maximum atomic E-state index is 12.5. The standard InChI is InChI=1S/C22H34N2O5/c1-4-20(26)12-17-10-18(13-19(11-17)24-21(27)5-2)22(28)23-9-7-6-8-16(14-25)15-29-3/h10-11,13,16,25H,4-9,12,14-15H2,1-3H3,(H,23,28)(H,24,27). The van der Waals surface area contributed by atoms with E-state index in [1.807, 2.05) is 0 Å². The van der Waals surface area contributed by atoms with Crippen LogP contribution in [-0.2, 0) is 20.7 Å². The molecule has 0 aliphatic carbocycles. The number of ketones is 1. The maximum absolute atomic E-state index is 12.5. The van der Waals surface area contributed by atoms with Crippen LogP contribution in [-0.4, -0.2) is 49.6 Å². The Balaban J connectivity index is 2.69. The molecule has 3 N–H and O–H groups in total. The quantitative estimate of drug-likeness (QED) is 0.412. The summed E-state index contributed by atoms with van der Waals surface area (Å²) in [6, 6.07) is 5.07. The van der Waals surface area contributed by atoms with Crippen molar-refractivity contribution < 1.29 is 24.2 Å². The highest BCUT2D eigenvalue weighted by Gasteiger charge is 2.12. The number of benzene rings is 1. The molecule has 1 atom stereocenters. The summed E-state index contributed by atoms with van der Waals surface area (Å²) in [6.45, 7) is 4.68. The Morgan fingerprint density at radius 3 is 2.48 bits per heavy atom. The first kappa shape index (κ1) is 24.8. The van der Waals surface area contributed by atoms with Gasteiger partial charge in [-0.2, -0.15) is 0 Å². The van der Waals surface area contributed by atoms with Gasteiger partial charge in [0, 0.05) is 56.7 Å². The lowest BCUT2D eigenvalue weighted by Crippen LogP contribution is -2.25. The lowest BCUT2D eigenvalue weighted by Gasteiger charge is -2.13. The third kappa shape index (κ3) is 9.67. The molecule has 0 aliphatic heterocycles. The van der Waals surface area contributed by atoms with E-state index in [-0.39, 0.29) is 36.5 Å². The second kappa shape index (κ2) is 13.8. The van der Waals surface area contributed by atoms with E-state index in [2.05, 4.69) is 10.6 Å². The molecule has 1 aromatic rings. The van der Waals surface area contributed by atoms with Crippen molar-refractivity contribution in [1.82, 2.24) is 5.32 Å². The lowest BCUT2D eigenvalue weighted by atomic mass is 10.0. The van der Waals surface area contributed by atoms with Crippen molar-refractivity contribution in [2.24, 2.45) is 5.92 Å². The molecule has 7 heteroatoms. The van der Waals surface area contributed by atoms with Crippen molar-refractivity contribution >= 4 is 23.3 Å². The SMILES string of the molecule is CCC(=O)Cc1cc(NC(=O)CC)cc(C(=O)NCCCCC(CO)COC)c1. The van der Waals surface area contributed by atoms with E-state index in [4.69, 9.17) is 4.74 Å². The molecule has 0 saturated heterocycles. The molecule has 1 unspecified atom stereocenters. The maximum Gasteiger partial charge on any atom is 0.251 e. The fraction of sp³-hybridized carbons (Fsp3) is 0.591. The third-order valence-corrected chi connectivity index (χ3v) is 4.64. The van der Waals surface area contributed by atoms with Crippen molar-refractivity contribution in [3.05, 3.63) is 29.3 Å². The van der Waals surface area contributed by atoms with E-state index < -0.39 is 0 Å². The summed E-state index contributed by atoms with van der Waals surface area (Å²) in [4.78, 5) is 36.1. The number of hydrogen-bond acceptors (Lipinski definition) is 5. The highest BCUT2D eigenvalue weighted by Crippen LogP contribution is 2.17. The zero-order chi connectivity index (χ0) is 21.6. The fourth-order valence-corrected chi connectivity index (χ4v) is 2.92. The Hall–Kier alpha value is -2.25. The summed E-state index contributed by atoms with van der Waals surface area (Å²) in [6.07, 6.45) is 3.48. The van der Waals surface area contributed by atoms with Gasteiger partial charge in [0.25, 0.3) is 5.91 Å². The molecule has 0 fully saturated rings. The van der Waals surface area contributed by atoms with Crippen LogP contribution in [0.15, 0.2) is 18.2 Å². The van der Waals surface area contributed by atoms with Crippen LogP contribution in [0.4, 0.5) is 5.69 Å². The Kier molecular flexibility index (Phi) is 11.8. The van der Waals surface area contributed by atoms with Gasteiger partial charge in [0.1, 0.15) is 5.78 Å². The predicted octanol–water partition coefficient (Wildman–Crippen LogP) is 2.71. The van der Waals surface area contributed by atoms with Crippen molar-refractivity contribution in [1.29, 1.82) is 0 Å². The average molecular weight is 407 g/mol. The van der Waals surface area contributed by atoms with Crippen LogP contribution >= 0.6 is 0 Å². The van der Waals surface area contributed by atoms with E-state index in [0.717, 1.165) is 19.3 Å². The van der Waals surface area contributed by atoms with Crippen molar-refractivity contribution in [3.63, 3.8) is 0 Å². The van der Waals surface area contributed by atoms with Crippen LogP contribution in [0.3, 0.4) is 0 Å². The number of nitrogens with one attached hydrogen (secondary N) is 2. The number of carbonyl (C=O) groups excluding carboxylic acids is 3. The molecule has 0 spiro atoms. The minimum absolute atomic E-state index is 0.0739. The highest BCUT2D eigenvalue weighted by molar-refractivity contribution is 5.97. The Bertz CT molecular complexity index is 639. The van der Waals surface area contributed by atoms with E-state index in [0.29, 0.717) is 42.8 Å². The van der Waals surface area contributed by atoms with E-state index in [1.54, 1.807) is 39.2 Å². The van der Waals surface area contributed by atoms with Gasteiger partial charge < -0.3 is 20.5 Å². The zero-order valence-electron chi connectivity index (χ0n) is 17.8. The lowest BCUT2D eigenvalue weighted by molar-refractivity contribution is -0.118. The van der Waals surface area contributed by atoms with Crippen molar-refractivity contribution in [2.75, 3.05) is 32.2 Å². The number of methoxy groups -OCH3 is 1. The van der Waals surface area contributed by atoms with Gasteiger partial charge in [-0.15, -0.1) is 0 Å². The smallest absolute Gasteiger partial charge is 0.251 e. The molecule has 7 nitrogen and oxygen atoms in total. The van der Waals surface area contributed by atoms with Gasteiger partial charge in [-0.3, -0.25) is 14.4 Å². The minimum Gasteiger partial charge on any atom is -0.396 e. The number of Topliss-reactive ketones (excluding diaryl/α,β-unsaturated/α-hetero) is 1. The van der Waals surface area contributed by atoms with Crippen LogP contribution in [0.1, 0.15) is 61.9 Å².